The highest BCUT2D eigenvalue weighted by molar-refractivity contribution is 5.71. The normalized spacial score (nSPS) is 12.6. The van der Waals surface area contributed by atoms with Crippen LogP contribution in [0.3, 0.4) is 0 Å². The topological polar surface area (TPSA) is 78.9 Å². The van der Waals surface area contributed by atoms with E-state index in [2.05, 4.69) is 93.7 Å². The van der Waals surface area contributed by atoms with E-state index in [4.69, 9.17) is 14.2 Å². The Morgan fingerprint density at radius 3 is 0.939 bits per heavy atom. The molecule has 0 aliphatic rings. The Kier molecular flexibility index (Phi) is 51.9. The Balaban J connectivity index is 4.29. The molecule has 0 amide bonds. The molecular formula is C60H104O6. The van der Waals surface area contributed by atoms with E-state index < -0.39 is 6.10 Å². The van der Waals surface area contributed by atoms with Gasteiger partial charge in [-0.2, -0.15) is 0 Å². The second-order valence-electron chi connectivity index (χ2n) is 18.5. The molecule has 0 rings (SSSR count). The summed E-state index contributed by atoms with van der Waals surface area (Å²) in [7, 11) is 0. The minimum absolute atomic E-state index is 0.0811. The van der Waals surface area contributed by atoms with Crippen molar-refractivity contribution in [3.05, 3.63) is 72.9 Å². The first-order valence-electron chi connectivity index (χ1n) is 27.9. The molecule has 0 aromatic carbocycles. The van der Waals surface area contributed by atoms with E-state index in [1.54, 1.807) is 0 Å². The molecule has 0 bridgehead atoms. The molecule has 0 aromatic rings. The highest BCUT2D eigenvalue weighted by atomic mass is 16.6. The summed E-state index contributed by atoms with van der Waals surface area (Å²) in [5.41, 5.74) is 0. The third-order valence-electron chi connectivity index (χ3n) is 11.9. The molecule has 0 radical (unpaired) electrons. The van der Waals surface area contributed by atoms with Gasteiger partial charge in [-0.05, 0) is 89.9 Å². The number of unbranched alkanes of at least 4 members (excludes halogenated alkanes) is 27. The average molecular weight is 921 g/mol. The predicted octanol–water partition coefficient (Wildman–Crippen LogP) is 18.6. The van der Waals surface area contributed by atoms with Crippen LogP contribution in [0.15, 0.2) is 72.9 Å². The number of hydrogen-bond donors (Lipinski definition) is 0. The molecule has 0 saturated heterocycles. The van der Waals surface area contributed by atoms with Gasteiger partial charge in [0.05, 0.1) is 0 Å². The highest BCUT2D eigenvalue weighted by Gasteiger charge is 2.19. The summed E-state index contributed by atoms with van der Waals surface area (Å²) in [5.74, 6) is -0.901. The van der Waals surface area contributed by atoms with Gasteiger partial charge in [-0.25, -0.2) is 0 Å². The molecule has 0 spiro atoms. The molecule has 380 valence electrons. The van der Waals surface area contributed by atoms with Crippen molar-refractivity contribution in [2.45, 2.75) is 277 Å². The number of esters is 3. The van der Waals surface area contributed by atoms with E-state index in [-0.39, 0.29) is 31.1 Å². The Morgan fingerprint density at radius 1 is 0.318 bits per heavy atom. The summed E-state index contributed by atoms with van der Waals surface area (Å²) in [4.78, 5) is 38.0. The Bertz CT molecular complexity index is 1240. The zero-order chi connectivity index (χ0) is 47.9. The van der Waals surface area contributed by atoms with Crippen LogP contribution in [0.1, 0.15) is 271 Å². The van der Waals surface area contributed by atoms with Crippen molar-refractivity contribution in [2.24, 2.45) is 0 Å². The summed E-state index contributed by atoms with van der Waals surface area (Å²) >= 11 is 0. The van der Waals surface area contributed by atoms with Crippen molar-refractivity contribution in [1.29, 1.82) is 0 Å². The first-order chi connectivity index (χ1) is 32.5. The van der Waals surface area contributed by atoms with Gasteiger partial charge in [0.25, 0.3) is 0 Å². The minimum Gasteiger partial charge on any atom is -0.462 e. The fourth-order valence-electron chi connectivity index (χ4n) is 7.76. The lowest BCUT2D eigenvalue weighted by Crippen LogP contribution is -2.30. The van der Waals surface area contributed by atoms with E-state index in [1.807, 2.05) is 0 Å². The van der Waals surface area contributed by atoms with Crippen molar-refractivity contribution >= 4 is 17.9 Å². The zero-order valence-electron chi connectivity index (χ0n) is 43.4. The fourth-order valence-corrected chi connectivity index (χ4v) is 7.76. The van der Waals surface area contributed by atoms with Gasteiger partial charge in [-0.3, -0.25) is 14.4 Å². The molecule has 0 heterocycles. The second-order valence-corrected chi connectivity index (χ2v) is 18.5. The van der Waals surface area contributed by atoms with Crippen molar-refractivity contribution in [3.8, 4) is 0 Å². The molecule has 1 atom stereocenters. The SMILES string of the molecule is CC/C=C\C/C=C\C/C=C\C/C=C\C/C=C\CCCCCCCC(=O)OCC(COC(=O)CCCCCCCCCC)OC(=O)CCCCCCCCCCC/C=C\CCCCCCCC. The number of carbonyl (C=O) groups is 3. The quantitative estimate of drug-likeness (QED) is 0.0262. The van der Waals surface area contributed by atoms with Crippen LogP contribution in [-0.2, 0) is 28.6 Å². The molecule has 6 heteroatoms. The molecule has 0 aliphatic carbocycles. The maximum absolute atomic E-state index is 12.8. The molecule has 1 unspecified atom stereocenters. The average Bonchev–Trinajstić information content (AvgIpc) is 3.31. The third-order valence-corrected chi connectivity index (χ3v) is 11.9. The van der Waals surface area contributed by atoms with Crippen molar-refractivity contribution in [1.82, 2.24) is 0 Å². The lowest BCUT2D eigenvalue weighted by atomic mass is 10.1. The zero-order valence-corrected chi connectivity index (χ0v) is 43.4. The molecule has 6 nitrogen and oxygen atoms in total. The third kappa shape index (κ3) is 51.8. The number of ether oxygens (including phenoxy) is 3. The number of carbonyl (C=O) groups excluding carboxylic acids is 3. The molecule has 0 saturated carbocycles. The van der Waals surface area contributed by atoms with Crippen LogP contribution in [-0.4, -0.2) is 37.2 Å². The van der Waals surface area contributed by atoms with Gasteiger partial charge < -0.3 is 14.2 Å². The minimum atomic E-state index is -0.782. The lowest BCUT2D eigenvalue weighted by Gasteiger charge is -2.18. The maximum atomic E-state index is 12.8. The second kappa shape index (κ2) is 54.5. The molecule has 0 N–H and O–H groups in total. The highest BCUT2D eigenvalue weighted by Crippen LogP contribution is 2.15. The van der Waals surface area contributed by atoms with E-state index >= 15 is 0 Å². The van der Waals surface area contributed by atoms with Crippen LogP contribution in [0.25, 0.3) is 0 Å². The summed E-state index contributed by atoms with van der Waals surface area (Å²) in [6.07, 6.45) is 69.0. The standard InChI is InChI=1S/C60H104O6/c1-4-7-10-13-16-19-21-23-25-27-29-30-32-33-35-37-39-41-44-47-50-53-59(62)65-56-57(55-64-58(61)52-49-46-43-18-15-12-9-6-3)66-60(63)54-51-48-45-42-40-38-36-34-31-28-26-24-22-20-17-14-11-8-5-2/h7,10,16,19,23-26,29-30,33,35,57H,4-6,8-9,11-15,17-18,20-22,27-28,31-32,34,36-56H2,1-3H3/b10-7-,19-16-,25-23-,26-24-,30-29-,35-33-. The lowest BCUT2D eigenvalue weighted by molar-refractivity contribution is -0.167. The van der Waals surface area contributed by atoms with Crippen LogP contribution in [0.5, 0.6) is 0 Å². The molecule has 0 aliphatic heterocycles. The van der Waals surface area contributed by atoms with E-state index in [9.17, 15) is 14.4 Å². The maximum Gasteiger partial charge on any atom is 0.306 e. The largest absolute Gasteiger partial charge is 0.462 e. The number of allylic oxidation sites excluding steroid dienone is 12. The van der Waals surface area contributed by atoms with Gasteiger partial charge in [0, 0.05) is 19.3 Å². The van der Waals surface area contributed by atoms with Gasteiger partial charge in [-0.15, -0.1) is 0 Å². The van der Waals surface area contributed by atoms with Crippen LogP contribution >= 0.6 is 0 Å². The van der Waals surface area contributed by atoms with Gasteiger partial charge in [-0.1, -0.05) is 235 Å². The smallest absolute Gasteiger partial charge is 0.306 e. The Hall–Kier alpha value is -3.15. The van der Waals surface area contributed by atoms with Gasteiger partial charge in [0.2, 0.25) is 0 Å². The van der Waals surface area contributed by atoms with E-state index in [1.165, 1.54) is 122 Å². The number of hydrogen-bond acceptors (Lipinski definition) is 6. The predicted molar refractivity (Wildman–Crippen MR) is 284 cm³/mol. The van der Waals surface area contributed by atoms with Crippen LogP contribution in [0.2, 0.25) is 0 Å². The molecule has 66 heavy (non-hydrogen) atoms. The first-order valence-corrected chi connectivity index (χ1v) is 27.9. The van der Waals surface area contributed by atoms with Crippen molar-refractivity contribution < 1.29 is 28.6 Å². The van der Waals surface area contributed by atoms with E-state index in [0.717, 1.165) is 109 Å². The van der Waals surface area contributed by atoms with Gasteiger partial charge >= 0.3 is 17.9 Å². The van der Waals surface area contributed by atoms with Gasteiger partial charge in [0.1, 0.15) is 13.2 Å². The Labute approximate surface area is 408 Å². The van der Waals surface area contributed by atoms with Gasteiger partial charge in [0.15, 0.2) is 6.10 Å². The summed E-state index contributed by atoms with van der Waals surface area (Å²) in [6.45, 7) is 6.49. The van der Waals surface area contributed by atoms with Crippen molar-refractivity contribution in [2.75, 3.05) is 13.2 Å². The fraction of sp³-hybridized carbons (Fsp3) is 0.750. The van der Waals surface area contributed by atoms with E-state index in [0.29, 0.717) is 19.3 Å². The summed E-state index contributed by atoms with van der Waals surface area (Å²) < 4.78 is 16.8. The molecule has 0 aromatic heterocycles. The summed E-state index contributed by atoms with van der Waals surface area (Å²) in [5, 5.41) is 0. The van der Waals surface area contributed by atoms with Crippen LogP contribution in [0, 0.1) is 0 Å². The molecular weight excluding hydrogens is 817 g/mol. The molecule has 0 fully saturated rings. The number of rotatable bonds is 50. The first kappa shape index (κ1) is 62.8. The Morgan fingerprint density at radius 2 is 0.591 bits per heavy atom. The van der Waals surface area contributed by atoms with Crippen LogP contribution in [0.4, 0.5) is 0 Å². The van der Waals surface area contributed by atoms with Crippen molar-refractivity contribution in [3.63, 3.8) is 0 Å². The van der Waals surface area contributed by atoms with Crippen LogP contribution < -0.4 is 0 Å². The summed E-state index contributed by atoms with van der Waals surface area (Å²) in [6, 6.07) is 0. The monoisotopic (exact) mass is 921 g/mol.